The largest absolute Gasteiger partial charge is 0.382 e. The molecule has 0 unspecified atom stereocenters. The van der Waals surface area contributed by atoms with Crippen molar-refractivity contribution in [1.29, 1.82) is 0 Å². The number of benzene rings is 1. The number of methoxy groups -OCH3 is 1. The number of para-hydroxylation sites is 1. The fourth-order valence-electron chi connectivity index (χ4n) is 1.60. The van der Waals surface area contributed by atoms with Gasteiger partial charge in [0.25, 0.3) is 0 Å². The average molecular weight is 277 g/mol. The van der Waals surface area contributed by atoms with E-state index in [0.717, 1.165) is 5.69 Å². The Morgan fingerprint density at radius 1 is 1.15 bits per heavy atom. The summed E-state index contributed by atoms with van der Waals surface area (Å²) in [6.45, 7) is 2.26. The fraction of sp³-hybridized carbons (Fsp3) is 0.429. The number of nitrogens with zero attached hydrogens (tertiary/aromatic N) is 2. The lowest BCUT2D eigenvalue weighted by atomic mass is 10.3. The standard InChI is InChI=1S/C14H19N3O3/c1-18-9-10-19-8-7-13-16-14(20-17-13)11-15-12-5-3-2-4-6-12/h2-6,15H,7-11H2,1H3. The first-order chi connectivity index (χ1) is 9.88. The van der Waals surface area contributed by atoms with E-state index in [0.29, 0.717) is 44.5 Å². The van der Waals surface area contributed by atoms with Gasteiger partial charge in [0.2, 0.25) is 5.89 Å². The molecule has 0 atom stereocenters. The van der Waals surface area contributed by atoms with Crippen molar-refractivity contribution in [2.45, 2.75) is 13.0 Å². The summed E-state index contributed by atoms with van der Waals surface area (Å²) < 4.78 is 15.4. The molecule has 2 aromatic rings. The Morgan fingerprint density at radius 2 is 2.00 bits per heavy atom. The van der Waals surface area contributed by atoms with Gasteiger partial charge in [0.1, 0.15) is 0 Å². The van der Waals surface area contributed by atoms with Gasteiger partial charge in [0, 0.05) is 19.2 Å². The zero-order valence-electron chi connectivity index (χ0n) is 11.5. The highest BCUT2D eigenvalue weighted by molar-refractivity contribution is 5.42. The van der Waals surface area contributed by atoms with Crippen LogP contribution in [0.3, 0.4) is 0 Å². The van der Waals surface area contributed by atoms with Crippen molar-refractivity contribution < 1.29 is 14.0 Å². The molecule has 20 heavy (non-hydrogen) atoms. The van der Waals surface area contributed by atoms with Gasteiger partial charge in [-0.1, -0.05) is 23.4 Å². The minimum atomic E-state index is 0.515. The van der Waals surface area contributed by atoms with Crippen LogP contribution in [0.5, 0.6) is 0 Å². The normalized spacial score (nSPS) is 10.7. The summed E-state index contributed by atoms with van der Waals surface area (Å²) in [5, 5.41) is 7.12. The SMILES string of the molecule is COCCOCCc1noc(CNc2ccccc2)n1. The number of aromatic nitrogens is 2. The minimum Gasteiger partial charge on any atom is -0.382 e. The first kappa shape index (κ1) is 14.5. The Morgan fingerprint density at radius 3 is 2.80 bits per heavy atom. The molecule has 1 heterocycles. The molecule has 1 aromatic heterocycles. The summed E-state index contributed by atoms with van der Waals surface area (Å²) >= 11 is 0. The Balaban J connectivity index is 1.69. The van der Waals surface area contributed by atoms with Crippen LogP contribution in [0.15, 0.2) is 34.9 Å². The molecule has 108 valence electrons. The van der Waals surface area contributed by atoms with Crippen LogP contribution in [-0.2, 0) is 22.4 Å². The molecule has 0 amide bonds. The number of rotatable bonds is 9. The van der Waals surface area contributed by atoms with Gasteiger partial charge in [-0.25, -0.2) is 0 Å². The van der Waals surface area contributed by atoms with Gasteiger partial charge in [0.05, 0.1) is 26.4 Å². The molecule has 0 radical (unpaired) electrons. The molecule has 1 aromatic carbocycles. The van der Waals surface area contributed by atoms with Gasteiger partial charge < -0.3 is 19.3 Å². The number of anilines is 1. The van der Waals surface area contributed by atoms with Crippen molar-refractivity contribution in [2.75, 3.05) is 32.2 Å². The highest BCUT2D eigenvalue weighted by atomic mass is 16.5. The molecule has 0 spiro atoms. The lowest BCUT2D eigenvalue weighted by Crippen LogP contribution is -2.06. The smallest absolute Gasteiger partial charge is 0.245 e. The highest BCUT2D eigenvalue weighted by Gasteiger charge is 2.05. The van der Waals surface area contributed by atoms with E-state index in [4.69, 9.17) is 14.0 Å². The maximum Gasteiger partial charge on any atom is 0.245 e. The minimum absolute atomic E-state index is 0.515. The highest BCUT2D eigenvalue weighted by Crippen LogP contribution is 2.07. The molecule has 0 bridgehead atoms. The van der Waals surface area contributed by atoms with Gasteiger partial charge in [-0.2, -0.15) is 4.98 Å². The zero-order chi connectivity index (χ0) is 14.0. The Bertz CT molecular complexity index is 487. The third-order valence-corrected chi connectivity index (χ3v) is 2.63. The monoisotopic (exact) mass is 277 g/mol. The average Bonchev–Trinajstić information content (AvgIpc) is 2.94. The van der Waals surface area contributed by atoms with Crippen LogP contribution < -0.4 is 5.32 Å². The second kappa shape index (κ2) is 8.29. The van der Waals surface area contributed by atoms with Crippen molar-refractivity contribution in [3.63, 3.8) is 0 Å². The van der Waals surface area contributed by atoms with Crippen molar-refractivity contribution in [3.8, 4) is 0 Å². The lowest BCUT2D eigenvalue weighted by molar-refractivity contribution is 0.0714. The fourth-order valence-corrected chi connectivity index (χ4v) is 1.60. The summed E-state index contributed by atoms with van der Waals surface area (Å²) in [5.41, 5.74) is 1.02. The molecule has 0 aliphatic carbocycles. The van der Waals surface area contributed by atoms with Crippen LogP contribution in [0.2, 0.25) is 0 Å². The van der Waals surface area contributed by atoms with Gasteiger partial charge in [-0.3, -0.25) is 0 Å². The molecule has 0 saturated carbocycles. The van der Waals surface area contributed by atoms with E-state index in [2.05, 4.69) is 15.5 Å². The Kier molecular flexibility index (Phi) is 6.01. The van der Waals surface area contributed by atoms with Crippen molar-refractivity contribution in [1.82, 2.24) is 10.1 Å². The van der Waals surface area contributed by atoms with Gasteiger partial charge in [-0.15, -0.1) is 0 Å². The molecular formula is C14H19N3O3. The summed E-state index contributed by atoms with van der Waals surface area (Å²) in [5.74, 6) is 1.23. The van der Waals surface area contributed by atoms with Gasteiger partial charge in [-0.05, 0) is 12.1 Å². The number of nitrogens with one attached hydrogen (secondary N) is 1. The van der Waals surface area contributed by atoms with Crippen molar-refractivity contribution in [3.05, 3.63) is 42.0 Å². The van der Waals surface area contributed by atoms with E-state index < -0.39 is 0 Å². The molecule has 1 N–H and O–H groups in total. The van der Waals surface area contributed by atoms with E-state index >= 15 is 0 Å². The van der Waals surface area contributed by atoms with Crippen molar-refractivity contribution >= 4 is 5.69 Å². The maximum atomic E-state index is 5.35. The number of hydrogen-bond acceptors (Lipinski definition) is 6. The molecule has 0 fully saturated rings. The van der Waals surface area contributed by atoms with Gasteiger partial charge >= 0.3 is 0 Å². The second-order valence-corrected chi connectivity index (χ2v) is 4.18. The predicted molar refractivity (Wildman–Crippen MR) is 74.5 cm³/mol. The summed E-state index contributed by atoms with van der Waals surface area (Å²) in [6.07, 6.45) is 0.637. The number of ether oxygens (including phenoxy) is 2. The third kappa shape index (κ3) is 4.99. The van der Waals surface area contributed by atoms with E-state index in [1.165, 1.54) is 0 Å². The summed E-state index contributed by atoms with van der Waals surface area (Å²) in [6, 6.07) is 9.89. The Hall–Kier alpha value is -1.92. The number of hydrogen-bond donors (Lipinski definition) is 1. The van der Waals surface area contributed by atoms with Crippen LogP contribution in [-0.4, -0.2) is 37.1 Å². The zero-order valence-corrected chi connectivity index (χ0v) is 11.5. The van der Waals surface area contributed by atoms with E-state index in [9.17, 15) is 0 Å². The molecule has 6 heteroatoms. The van der Waals surface area contributed by atoms with Crippen LogP contribution >= 0.6 is 0 Å². The molecule has 6 nitrogen and oxygen atoms in total. The van der Waals surface area contributed by atoms with E-state index in [-0.39, 0.29) is 0 Å². The molecule has 0 saturated heterocycles. The molecular weight excluding hydrogens is 258 g/mol. The molecule has 0 aliphatic rings. The lowest BCUT2D eigenvalue weighted by Gasteiger charge is -2.01. The maximum absolute atomic E-state index is 5.35. The van der Waals surface area contributed by atoms with Crippen LogP contribution in [0.4, 0.5) is 5.69 Å². The quantitative estimate of drug-likeness (QED) is 0.706. The first-order valence-electron chi connectivity index (χ1n) is 6.55. The Labute approximate surface area is 118 Å². The summed E-state index contributed by atoms with van der Waals surface area (Å²) in [7, 11) is 1.65. The summed E-state index contributed by atoms with van der Waals surface area (Å²) in [4.78, 5) is 4.29. The van der Waals surface area contributed by atoms with Crippen LogP contribution in [0.1, 0.15) is 11.7 Å². The second-order valence-electron chi connectivity index (χ2n) is 4.18. The van der Waals surface area contributed by atoms with Crippen molar-refractivity contribution in [2.24, 2.45) is 0 Å². The van der Waals surface area contributed by atoms with E-state index in [1.54, 1.807) is 7.11 Å². The van der Waals surface area contributed by atoms with Crippen LogP contribution in [0, 0.1) is 0 Å². The van der Waals surface area contributed by atoms with Gasteiger partial charge in [0.15, 0.2) is 5.82 Å². The predicted octanol–water partition coefficient (Wildman–Crippen LogP) is 1.89. The molecule has 0 aliphatic heterocycles. The molecule has 2 rings (SSSR count). The van der Waals surface area contributed by atoms with Crippen LogP contribution in [0.25, 0.3) is 0 Å². The van der Waals surface area contributed by atoms with E-state index in [1.807, 2.05) is 30.3 Å². The topological polar surface area (TPSA) is 69.4 Å². The first-order valence-corrected chi connectivity index (χ1v) is 6.55. The third-order valence-electron chi connectivity index (χ3n) is 2.63.